The van der Waals surface area contributed by atoms with E-state index in [4.69, 9.17) is 0 Å². The highest BCUT2D eigenvalue weighted by Gasteiger charge is 2.15. The van der Waals surface area contributed by atoms with Gasteiger partial charge in [0.15, 0.2) is 0 Å². The molecule has 7 heteroatoms. The highest BCUT2D eigenvalue weighted by Crippen LogP contribution is 2.23. The van der Waals surface area contributed by atoms with Crippen molar-refractivity contribution in [2.75, 3.05) is 11.3 Å². The molecular formula is C14H16BrN3O2S. The average Bonchev–Trinajstić information content (AvgIpc) is 2.48. The lowest BCUT2D eigenvalue weighted by molar-refractivity contribution is 0.601. The van der Waals surface area contributed by atoms with Gasteiger partial charge in [0.1, 0.15) is 0 Å². The third-order valence-corrected chi connectivity index (χ3v) is 4.84. The highest BCUT2D eigenvalue weighted by atomic mass is 79.9. The summed E-state index contributed by atoms with van der Waals surface area (Å²) in [7, 11) is -3.60. The number of sulfonamides is 1. The van der Waals surface area contributed by atoms with Crippen molar-refractivity contribution in [3.63, 3.8) is 0 Å². The average molecular weight is 370 g/mol. The quantitative estimate of drug-likeness (QED) is 0.820. The summed E-state index contributed by atoms with van der Waals surface area (Å²) in [5, 5.41) is 3.19. The minimum absolute atomic E-state index is 0.228. The first-order valence-electron chi connectivity index (χ1n) is 6.45. The molecular weight excluding hydrogens is 354 g/mol. The lowest BCUT2D eigenvalue weighted by Gasteiger charge is -2.10. The standard InChI is InChI=1S/C14H16BrN3O2S/c1-2-16-9-11-3-5-12(6-4-11)21(19,20)18-14-7-8-17-10-13(14)15/h3-8,10,16H,2,9H2,1H3,(H,17,18). The van der Waals surface area contributed by atoms with Crippen molar-refractivity contribution in [3.8, 4) is 0 Å². The molecule has 112 valence electrons. The summed E-state index contributed by atoms with van der Waals surface area (Å²) >= 11 is 3.26. The van der Waals surface area contributed by atoms with Crippen molar-refractivity contribution >= 4 is 31.6 Å². The largest absolute Gasteiger partial charge is 0.313 e. The Bertz CT molecular complexity index is 702. The van der Waals surface area contributed by atoms with E-state index < -0.39 is 10.0 Å². The van der Waals surface area contributed by atoms with Gasteiger partial charge in [0, 0.05) is 18.9 Å². The Hall–Kier alpha value is -1.44. The smallest absolute Gasteiger partial charge is 0.261 e. The van der Waals surface area contributed by atoms with E-state index in [1.54, 1.807) is 30.3 Å². The lowest BCUT2D eigenvalue weighted by Crippen LogP contribution is -2.14. The molecule has 0 saturated heterocycles. The van der Waals surface area contributed by atoms with Crippen LogP contribution in [0.4, 0.5) is 5.69 Å². The molecule has 0 aliphatic carbocycles. The van der Waals surface area contributed by atoms with Crippen molar-refractivity contribution in [1.82, 2.24) is 10.3 Å². The van der Waals surface area contributed by atoms with Crippen molar-refractivity contribution in [2.45, 2.75) is 18.4 Å². The van der Waals surface area contributed by atoms with Gasteiger partial charge < -0.3 is 5.32 Å². The molecule has 0 spiro atoms. The van der Waals surface area contributed by atoms with Crippen molar-refractivity contribution in [1.29, 1.82) is 0 Å². The fourth-order valence-electron chi connectivity index (χ4n) is 1.72. The Balaban J connectivity index is 2.18. The molecule has 1 heterocycles. The number of halogens is 1. The number of nitrogens with zero attached hydrogens (tertiary/aromatic N) is 1. The van der Waals surface area contributed by atoms with Crippen molar-refractivity contribution < 1.29 is 8.42 Å². The number of anilines is 1. The molecule has 0 radical (unpaired) electrons. The normalized spacial score (nSPS) is 11.3. The highest BCUT2D eigenvalue weighted by molar-refractivity contribution is 9.10. The number of rotatable bonds is 6. The molecule has 0 aliphatic heterocycles. The maximum Gasteiger partial charge on any atom is 0.261 e. The molecule has 0 saturated carbocycles. The fraction of sp³-hybridized carbons (Fsp3) is 0.214. The van der Waals surface area contributed by atoms with Crippen LogP contribution in [0.2, 0.25) is 0 Å². The van der Waals surface area contributed by atoms with Crippen molar-refractivity contribution in [2.24, 2.45) is 0 Å². The van der Waals surface area contributed by atoms with Gasteiger partial charge in [0.2, 0.25) is 0 Å². The second-order valence-corrected chi connectivity index (χ2v) is 6.92. The fourth-order valence-corrected chi connectivity index (χ4v) is 3.28. The monoisotopic (exact) mass is 369 g/mol. The van der Waals surface area contributed by atoms with Gasteiger partial charge in [-0.1, -0.05) is 19.1 Å². The van der Waals surface area contributed by atoms with Gasteiger partial charge in [-0.2, -0.15) is 0 Å². The summed E-state index contributed by atoms with van der Waals surface area (Å²) < 4.78 is 27.8. The maximum atomic E-state index is 12.3. The Labute approximate surface area is 133 Å². The number of pyridine rings is 1. The Morgan fingerprint density at radius 1 is 1.19 bits per heavy atom. The third kappa shape index (κ3) is 4.26. The number of nitrogens with one attached hydrogen (secondary N) is 2. The van der Waals surface area contributed by atoms with Crippen LogP contribution in [0.3, 0.4) is 0 Å². The van der Waals surface area contributed by atoms with E-state index in [9.17, 15) is 8.42 Å². The molecule has 21 heavy (non-hydrogen) atoms. The summed E-state index contributed by atoms with van der Waals surface area (Å²) in [6.45, 7) is 3.62. The van der Waals surface area contributed by atoms with Crippen molar-refractivity contribution in [3.05, 3.63) is 52.8 Å². The zero-order chi connectivity index (χ0) is 15.3. The number of benzene rings is 1. The number of hydrogen-bond acceptors (Lipinski definition) is 4. The van der Waals surface area contributed by atoms with Crippen LogP contribution in [0, 0.1) is 0 Å². The molecule has 0 atom stereocenters. The second-order valence-electron chi connectivity index (χ2n) is 4.39. The minimum atomic E-state index is -3.60. The van der Waals surface area contributed by atoms with Crippen LogP contribution in [-0.2, 0) is 16.6 Å². The molecule has 2 aromatic rings. The zero-order valence-electron chi connectivity index (χ0n) is 11.5. The van der Waals surface area contributed by atoms with E-state index >= 15 is 0 Å². The topological polar surface area (TPSA) is 71.1 Å². The third-order valence-electron chi connectivity index (χ3n) is 2.83. The maximum absolute atomic E-state index is 12.3. The zero-order valence-corrected chi connectivity index (χ0v) is 13.9. The van der Waals surface area contributed by atoms with Gasteiger partial charge >= 0.3 is 0 Å². The summed E-state index contributed by atoms with van der Waals surface area (Å²) in [5.74, 6) is 0. The van der Waals surface area contributed by atoms with Gasteiger partial charge in [-0.15, -0.1) is 0 Å². The Morgan fingerprint density at radius 2 is 1.90 bits per heavy atom. The minimum Gasteiger partial charge on any atom is -0.313 e. The van der Waals surface area contributed by atoms with Crippen LogP contribution in [0.25, 0.3) is 0 Å². The number of aromatic nitrogens is 1. The Kier molecular flexibility index (Phi) is 5.33. The van der Waals surface area contributed by atoms with E-state index in [0.29, 0.717) is 10.2 Å². The molecule has 1 aromatic carbocycles. The summed E-state index contributed by atoms with van der Waals surface area (Å²) in [6.07, 6.45) is 3.07. The SMILES string of the molecule is CCNCc1ccc(S(=O)(=O)Nc2ccncc2Br)cc1. The first-order valence-corrected chi connectivity index (χ1v) is 8.72. The van der Waals surface area contributed by atoms with Gasteiger partial charge in [-0.3, -0.25) is 9.71 Å². The van der Waals surface area contributed by atoms with Gasteiger partial charge in [0.25, 0.3) is 10.0 Å². The second kappa shape index (κ2) is 7.02. The first-order chi connectivity index (χ1) is 10.0. The summed E-state index contributed by atoms with van der Waals surface area (Å²) in [6, 6.07) is 8.41. The van der Waals surface area contributed by atoms with E-state index in [-0.39, 0.29) is 4.90 Å². The molecule has 1 aromatic heterocycles. The van der Waals surface area contributed by atoms with E-state index in [1.165, 1.54) is 12.4 Å². The molecule has 0 amide bonds. The molecule has 0 aliphatic rings. The molecule has 0 unspecified atom stereocenters. The molecule has 0 bridgehead atoms. The predicted molar refractivity (Wildman–Crippen MR) is 86.6 cm³/mol. The number of hydrogen-bond donors (Lipinski definition) is 2. The lowest BCUT2D eigenvalue weighted by atomic mass is 10.2. The van der Waals surface area contributed by atoms with E-state index in [0.717, 1.165) is 18.7 Å². The van der Waals surface area contributed by atoms with Gasteiger partial charge in [0.05, 0.1) is 15.1 Å². The summed E-state index contributed by atoms with van der Waals surface area (Å²) in [4.78, 5) is 4.13. The van der Waals surface area contributed by atoms with Crippen LogP contribution in [-0.4, -0.2) is 19.9 Å². The predicted octanol–water partition coefficient (Wildman–Crippen LogP) is 2.75. The van der Waals surface area contributed by atoms with Crippen LogP contribution in [0.1, 0.15) is 12.5 Å². The van der Waals surface area contributed by atoms with E-state index in [1.807, 2.05) is 6.92 Å². The molecule has 2 rings (SSSR count). The van der Waals surface area contributed by atoms with E-state index in [2.05, 4.69) is 31.0 Å². The van der Waals surface area contributed by atoms with Crippen LogP contribution < -0.4 is 10.0 Å². The van der Waals surface area contributed by atoms with Gasteiger partial charge in [-0.25, -0.2) is 8.42 Å². The molecule has 2 N–H and O–H groups in total. The van der Waals surface area contributed by atoms with Gasteiger partial charge in [-0.05, 0) is 46.2 Å². The molecule has 5 nitrogen and oxygen atoms in total. The van der Waals surface area contributed by atoms with Crippen LogP contribution >= 0.6 is 15.9 Å². The van der Waals surface area contributed by atoms with Crippen LogP contribution in [0.5, 0.6) is 0 Å². The van der Waals surface area contributed by atoms with Crippen LogP contribution in [0.15, 0.2) is 52.1 Å². The summed E-state index contributed by atoms with van der Waals surface area (Å²) in [5.41, 5.74) is 1.50. The molecule has 0 fully saturated rings. The Morgan fingerprint density at radius 3 is 2.52 bits per heavy atom. The first kappa shape index (κ1) is 15.9.